The van der Waals surface area contributed by atoms with Crippen molar-refractivity contribution in [1.82, 2.24) is 24.9 Å². The summed E-state index contributed by atoms with van der Waals surface area (Å²) >= 11 is 0. The van der Waals surface area contributed by atoms with E-state index in [2.05, 4.69) is 20.2 Å². The van der Waals surface area contributed by atoms with Crippen LogP contribution in [0.3, 0.4) is 0 Å². The van der Waals surface area contributed by atoms with E-state index in [0.717, 1.165) is 17.0 Å². The molecule has 90 valence electrons. The Morgan fingerprint density at radius 3 is 2.89 bits per heavy atom. The third kappa shape index (κ3) is 1.77. The Labute approximate surface area is 103 Å². The molecule has 0 saturated carbocycles. The van der Waals surface area contributed by atoms with Gasteiger partial charge in [-0.05, 0) is 25.1 Å². The molecular weight excluding hydrogens is 230 g/mol. The summed E-state index contributed by atoms with van der Waals surface area (Å²) in [5.74, 6) is 0.980. The van der Waals surface area contributed by atoms with Crippen molar-refractivity contribution in [3.8, 4) is 23.0 Å². The molecule has 3 aromatic rings. The van der Waals surface area contributed by atoms with Gasteiger partial charge in [0.15, 0.2) is 0 Å². The highest BCUT2D eigenvalue weighted by Crippen LogP contribution is 2.21. The first-order valence-electron chi connectivity index (χ1n) is 5.49. The van der Waals surface area contributed by atoms with Gasteiger partial charge in [-0.3, -0.25) is 9.67 Å². The first kappa shape index (κ1) is 10.6. The fourth-order valence-electron chi connectivity index (χ4n) is 1.75. The molecule has 3 rings (SSSR count). The summed E-state index contributed by atoms with van der Waals surface area (Å²) < 4.78 is 6.97. The van der Waals surface area contributed by atoms with Crippen LogP contribution in [0.2, 0.25) is 0 Å². The summed E-state index contributed by atoms with van der Waals surface area (Å²) in [6, 6.07) is 5.62. The van der Waals surface area contributed by atoms with E-state index in [1.807, 2.05) is 32.2 Å². The molecule has 0 unspecified atom stereocenters. The number of hydrogen-bond donors (Lipinski definition) is 0. The molecule has 0 bridgehead atoms. The average molecular weight is 241 g/mol. The van der Waals surface area contributed by atoms with Gasteiger partial charge in [0.25, 0.3) is 5.89 Å². The summed E-state index contributed by atoms with van der Waals surface area (Å²) in [4.78, 5) is 8.37. The van der Waals surface area contributed by atoms with Crippen LogP contribution in [0.4, 0.5) is 0 Å². The average Bonchev–Trinajstić information content (AvgIpc) is 2.97. The first-order chi connectivity index (χ1) is 8.74. The fourth-order valence-corrected chi connectivity index (χ4v) is 1.75. The summed E-state index contributed by atoms with van der Waals surface area (Å²) in [7, 11) is 1.84. The molecule has 0 radical (unpaired) electrons. The molecule has 0 atom stereocenters. The largest absolute Gasteiger partial charge is 0.332 e. The van der Waals surface area contributed by atoms with Crippen LogP contribution in [-0.2, 0) is 7.05 Å². The van der Waals surface area contributed by atoms with Crippen molar-refractivity contribution in [2.45, 2.75) is 6.92 Å². The summed E-state index contributed by atoms with van der Waals surface area (Å²) in [5, 5.41) is 8.19. The van der Waals surface area contributed by atoms with E-state index >= 15 is 0 Å². The van der Waals surface area contributed by atoms with Crippen molar-refractivity contribution in [3.05, 3.63) is 36.3 Å². The lowest BCUT2D eigenvalue weighted by Crippen LogP contribution is -1.93. The second-order valence-electron chi connectivity index (χ2n) is 3.96. The zero-order chi connectivity index (χ0) is 12.5. The maximum Gasteiger partial charge on any atom is 0.276 e. The Bertz CT molecular complexity index is 671. The van der Waals surface area contributed by atoms with Gasteiger partial charge >= 0.3 is 0 Å². The molecule has 3 heterocycles. The predicted molar refractivity (Wildman–Crippen MR) is 64.5 cm³/mol. The van der Waals surface area contributed by atoms with E-state index in [1.54, 1.807) is 17.1 Å². The number of rotatable bonds is 2. The molecule has 0 amide bonds. The fraction of sp³-hybridized carbons (Fsp3) is 0.167. The quantitative estimate of drug-likeness (QED) is 0.684. The Morgan fingerprint density at radius 1 is 1.33 bits per heavy atom. The van der Waals surface area contributed by atoms with E-state index in [4.69, 9.17) is 4.52 Å². The highest BCUT2D eigenvalue weighted by Gasteiger charge is 2.14. The zero-order valence-corrected chi connectivity index (χ0v) is 10.0. The second-order valence-corrected chi connectivity index (χ2v) is 3.96. The Kier molecular flexibility index (Phi) is 2.40. The molecule has 0 N–H and O–H groups in total. The number of nitrogens with zero attached hydrogens (tertiary/aromatic N) is 5. The van der Waals surface area contributed by atoms with Gasteiger partial charge in [-0.15, -0.1) is 0 Å². The molecule has 3 aromatic heterocycles. The topological polar surface area (TPSA) is 69.6 Å². The Morgan fingerprint density at radius 2 is 2.22 bits per heavy atom. The van der Waals surface area contributed by atoms with Crippen LogP contribution in [0.25, 0.3) is 23.0 Å². The van der Waals surface area contributed by atoms with Gasteiger partial charge in [-0.25, -0.2) is 0 Å². The van der Waals surface area contributed by atoms with Gasteiger partial charge in [-0.2, -0.15) is 10.1 Å². The normalized spacial score (nSPS) is 10.8. The molecule has 0 saturated heterocycles. The van der Waals surface area contributed by atoms with E-state index < -0.39 is 0 Å². The van der Waals surface area contributed by atoms with E-state index in [0.29, 0.717) is 11.7 Å². The third-order valence-electron chi connectivity index (χ3n) is 2.57. The Hall–Kier alpha value is -2.50. The maximum absolute atomic E-state index is 5.25. The molecule has 0 aliphatic heterocycles. The van der Waals surface area contributed by atoms with Gasteiger partial charge < -0.3 is 4.52 Å². The lowest BCUT2D eigenvalue weighted by molar-refractivity contribution is 0.428. The van der Waals surface area contributed by atoms with Crippen LogP contribution < -0.4 is 0 Å². The minimum atomic E-state index is 0.456. The Balaban J connectivity index is 2.02. The van der Waals surface area contributed by atoms with Gasteiger partial charge in [0.2, 0.25) is 5.82 Å². The van der Waals surface area contributed by atoms with Crippen LogP contribution in [0.1, 0.15) is 5.69 Å². The predicted octanol–water partition coefficient (Wildman–Crippen LogP) is 1.84. The maximum atomic E-state index is 5.25. The van der Waals surface area contributed by atoms with Gasteiger partial charge in [-0.1, -0.05) is 5.16 Å². The molecule has 18 heavy (non-hydrogen) atoms. The minimum Gasteiger partial charge on any atom is -0.332 e. The van der Waals surface area contributed by atoms with E-state index in [-0.39, 0.29) is 0 Å². The highest BCUT2D eigenvalue weighted by molar-refractivity contribution is 5.56. The first-order valence-corrected chi connectivity index (χ1v) is 5.49. The molecule has 6 heteroatoms. The van der Waals surface area contributed by atoms with Crippen LogP contribution in [-0.4, -0.2) is 24.9 Å². The molecule has 0 aliphatic rings. The third-order valence-corrected chi connectivity index (χ3v) is 2.57. The zero-order valence-electron chi connectivity index (χ0n) is 10.0. The molecule has 0 spiro atoms. The summed E-state index contributed by atoms with van der Waals surface area (Å²) in [5.41, 5.74) is 2.54. The van der Waals surface area contributed by atoms with Crippen LogP contribution in [0, 0.1) is 6.92 Å². The molecule has 6 nitrogen and oxygen atoms in total. The number of hydrogen-bond acceptors (Lipinski definition) is 5. The summed E-state index contributed by atoms with van der Waals surface area (Å²) in [6.07, 6.45) is 3.40. The monoisotopic (exact) mass is 241 g/mol. The highest BCUT2D eigenvalue weighted by atomic mass is 16.5. The number of aromatic nitrogens is 5. The van der Waals surface area contributed by atoms with E-state index in [9.17, 15) is 0 Å². The molecule has 0 fully saturated rings. The van der Waals surface area contributed by atoms with Crippen molar-refractivity contribution in [3.63, 3.8) is 0 Å². The van der Waals surface area contributed by atoms with Crippen molar-refractivity contribution >= 4 is 0 Å². The second kappa shape index (κ2) is 4.06. The SMILES string of the molecule is Cc1cc(-c2nc(-c3cccnc3)no2)n(C)n1. The van der Waals surface area contributed by atoms with Gasteiger partial charge in [0.05, 0.1) is 5.69 Å². The number of aryl methyl sites for hydroxylation is 2. The molecule has 0 aliphatic carbocycles. The van der Waals surface area contributed by atoms with Crippen molar-refractivity contribution < 1.29 is 4.52 Å². The van der Waals surface area contributed by atoms with E-state index in [1.165, 1.54) is 0 Å². The lowest BCUT2D eigenvalue weighted by Gasteiger charge is -1.93. The van der Waals surface area contributed by atoms with Crippen molar-refractivity contribution in [2.75, 3.05) is 0 Å². The van der Waals surface area contributed by atoms with Crippen LogP contribution >= 0.6 is 0 Å². The molecule has 0 aromatic carbocycles. The smallest absolute Gasteiger partial charge is 0.276 e. The molecular formula is C12H11N5O. The van der Waals surface area contributed by atoms with Crippen molar-refractivity contribution in [2.24, 2.45) is 7.05 Å². The van der Waals surface area contributed by atoms with Crippen LogP contribution in [0.5, 0.6) is 0 Å². The van der Waals surface area contributed by atoms with Crippen LogP contribution in [0.15, 0.2) is 35.1 Å². The van der Waals surface area contributed by atoms with Crippen molar-refractivity contribution in [1.29, 1.82) is 0 Å². The minimum absolute atomic E-state index is 0.456. The van der Waals surface area contributed by atoms with Gasteiger partial charge in [0.1, 0.15) is 5.69 Å². The number of pyridine rings is 1. The van der Waals surface area contributed by atoms with Gasteiger partial charge in [0, 0.05) is 25.0 Å². The lowest BCUT2D eigenvalue weighted by atomic mass is 10.3. The standard InChI is InChI=1S/C12H11N5O/c1-8-6-10(17(2)15-8)12-14-11(16-18-12)9-4-3-5-13-7-9/h3-7H,1-2H3. The summed E-state index contributed by atoms with van der Waals surface area (Å²) in [6.45, 7) is 1.92.